The summed E-state index contributed by atoms with van der Waals surface area (Å²) in [5.74, 6) is 1.07. The summed E-state index contributed by atoms with van der Waals surface area (Å²) in [6, 6.07) is 6.08. The van der Waals surface area contributed by atoms with Crippen molar-refractivity contribution in [1.82, 2.24) is 0 Å². The zero-order chi connectivity index (χ0) is 12.4. The Morgan fingerprint density at radius 2 is 2.24 bits per heavy atom. The third-order valence-corrected chi connectivity index (χ3v) is 3.16. The molecule has 0 bridgehead atoms. The highest BCUT2D eigenvalue weighted by molar-refractivity contribution is 5.77. The van der Waals surface area contributed by atoms with Crippen LogP contribution < -0.4 is 4.74 Å². The summed E-state index contributed by atoms with van der Waals surface area (Å²) in [7, 11) is 1.66. The molecule has 1 aliphatic carbocycles. The third kappa shape index (κ3) is 2.43. The van der Waals surface area contributed by atoms with Gasteiger partial charge in [-0.05, 0) is 31.9 Å². The molecule has 92 valence electrons. The van der Waals surface area contributed by atoms with E-state index >= 15 is 0 Å². The van der Waals surface area contributed by atoms with E-state index < -0.39 is 0 Å². The first kappa shape index (κ1) is 12.0. The van der Waals surface area contributed by atoms with E-state index in [0.29, 0.717) is 6.61 Å². The van der Waals surface area contributed by atoms with Crippen molar-refractivity contribution in [1.29, 1.82) is 0 Å². The standard InChI is InChI=1S/C14H18O3/c1-4-17-14(15)12-8-10(12)11-7-9(2)5-6-13(11)16-3/h5-7,10,12H,4,8H2,1-3H3. The van der Waals surface area contributed by atoms with Crippen molar-refractivity contribution < 1.29 is 14.3 Å². The maximum atomic E-state index is 11.6. The molecule has 1 aromatic carbocycles. The van der Waals surface area contributed by atoms with Crippen LogP contribution in [0, 0.1) is 12.8 Å². The average molecular weight is 234 g/mol. The van der Waals surface area contributed by atoms with E-state index in [2.05, 4.69) is 6.07 Å². The van der Waals surface area contributed by atoms with Gasteiger partial charge in [-0.2, -0.15) is 0 Å². The van der Waals surface area contributed by atoms with Crippen LogP contribution >= 0.6 is 0 Å². The van der Waals surface area contributed by atoms with Gasteiger partial charge in [0, 0.05) is 5.92 Å². The van der Waals surface area contributed by atoms with E-state index in [1.807, 2.05) is 26.0 Å². The van der Waals surface area contributed by atoms with Crippen LogP contribution in [0.4, 0.5) is 0 Å². The van der Waals surface area contributed by atoms with Gasteiger partial charge < -0.3 is 9.47 Å². The minimum atomic E-state index is -0.0824. The van der Waals surface area contributed by atoms with Gasteiger partial charge in [0.2, 0.25) is 0 Å². The molecule has 2 unspecified atom stereocenters. The molecule has 1 aromatic rings. The van der Waals surface area contributed by atoms with Crippen LogP contribution in [-0.2, 0) is 9.53 Å². The van der Waals surface area contributed by atoms with Gasteiger partial charge in [0.15, 0.2) is 0 Å². The van der Waals surface area contributed by atoms with E-state index in [1.165, 1.54) is 5.56 Å². The number of hydrogen-bond acceptors (Lipinski definition) is 3. The van der Waals surface area contributed by atoms with Gasteiger partial charge in [0.05, 0.1) is 19.6 Å². The number of methoxy groups -OCH3 is 1. The van der Waals surface area contributed by atoms with Gasteiger partial charge in [0.25, 0.3) is 0 Å². The Hall–Kier alpha value is -1.51. The summed E-state index contributed by atoms with van der Waals surface area (Å²) >= 11 is 0. The van der Waals surface area contributed by atoms with Crippen LogP contribution in [0.5, 0.6) is 5.75 Å². The Morgan fingerprint density at radius 3 is 2.88 bits per heavy atom. The summed E-state index contributed by atoms with van der Waals surface area (Å²) in [4.78, 5) is 11.6. The van der Waals surface area contributed by atoms with Crippen molar-refractivity contribution in [3.63, 3.8) is 0 Å². The molecule has 0 saturated heterocycles. The highest BCUT2D eigenvalue weighted by atomic mass is 16.5. The largest absolute Gasteiger partial charge is 0.496 e. The maximum Gasteiger partial charge on any atom is 0.309 e. The van der Waals surface area contributed by atoms with Gasteiger partial charge in [-0.25, -0.2) is 0 Å². The zero-order valence-corrected chi connectivity index (χ0v) is 10.5. The number of ether oxygens (including phenoxy) is 2. The molecule has 0 N–H and O–H groups in total. The smallest absolute Gasteiger partial charge is 0.309 e. The topological polar surface area (TPSA) is 35.5 Å². The average Bonchev–Trinajstić information content (AvgIpc) is 3.09. The van der Waals surface area contributed by atoms with E-state index in [1.54, 1.807) is 7.11 Å². The number of aryl methyl sites for hydroxylation is 1. The number of rotatable bonds is 4. The van der Waals surface area contributed by atoms with Crippen molar-refractivity contribution in [2.75, 3.05) is 13.7 Å². The summed E-state index contributed by atoms with van der Waals surface area (Å²) in [5.41, 5.74) is 2.32. The molecule has 1 aliphatic rings. The van der Waals surface area contributed by atoms with E-state index in [-0.39, 0.29) is 17.8 Å². The van der Waals surface area contributed by atoms with Gasteiger partial charge in [-0.3, -0.25) is 4.79 Å². The Kier molecular flexibility index (Phi) is 3.36. The monoisotopic (exact) mass is 234 g/mol. The lowest BCUT2D eigenvalue weighted by Gasteiger charge is -2.09. The minimum absolute atomic E-state index is 0.0191. The highest BCUT2D eigenvalue weighted by Crippen LogP contribution is 2.51. The fourth-order valence-corrected chi connectivity index (χ4v) is 2.19. The molecule has 17 heavy (non-hydrogen) atoms. The van der Waals surface area contributed by atoms with Crippen LogP contribution in [-0.4, -0.2) is 19.7 Å². The maximum absolute atomic E-state index is 11.6. The van der Waals surface area contributed by atoms with Gasteiger partial charge in [0.1, 0.15) is 5.75 Å². The SMILES string of the molecule is CCOC(=O)C1CC1c1cc(C)ccc1OC. The molecule has 2 rings (SSSR count). The highest BCUT2D eigenvalue weighted by Gasteiger charge is 2.46. The van der Waals surface area contributed by atoms with Gasteiger partial charge in [-0.1, -0.05) is 17.7 Å². The van der Waals surface area contributed by atoms with Crippen molar-refractivity contribution in [3.8, 4) is 5.75 Å². The molecule has 1 saturated carbocycles. The first-order valence-corrected chi connectivity index (χ1v) is 5.98. The molecule has 3 heteroatoms. The summed E-state index contributed by atoms with van der Waals surface area (Å²) < 4.78 is 10.4. The van der Waals surface area contributed by atoms with Gasteiger partial charge in [-0.15, -0.1) is 0 Å². The molecule has 2 atom stereocenters. The molecule has 0 aliphatic heterocycles. The van der Waals surface area contributed by atoms with Crippen LogP contribution in [0.15, 0.2) is 18.2 Å². The lowest BCUT2D eigenvalue weighted by atomic mass is 10.0. The Balaban J connectivity index is 2.14. The fraction of sp³-hybridized carbons (Fsp3) is 0.500. The Morgan fingerprint density at radius 1 is 1.47 bits per heavy atom. The Labute approximate surface area is 102 Å². The normalized spacial score (nSPS) is 22.1. The number of carbonyl (C=O) groups excluding carboxylic acids is 1. The number of carbonyl (C=O) groups is 1. The molecule has 0 radical (unpaired) electrons. The first-order valence-electron chi connectivity index (χ1n) is 5.98. The number of esters is 1. The van der Waals surface area contributed by atoms with Crippen LogP contribution in [0.2, 0.25) is 0 Å². The molecular weight excluding hydrogens is 216 g/mol. The fourth-order valence-electron chi connectivity index (χ4n) is 2.19. The Bertz CT molecular complexity index is 425. The third-order valence-electron chi connectivity index (χ3n) is 3.16. The summed E-state index contributed by atoms with van der Waals surface area (Å²) in [6.45, 7) is 4.33. The van der Waals surface area contributed by atoms with Crippen molar-refractivity contribution >= 4 is 5.97 Å². The van der Waals surface area contributed by atoms with Crippen molar-refractivity contribution in [2.45, 2.75) is 26.2 Å². The lowest BCUT2D eigenvalue weighted by molar-refractivity contribution is -0.144. The van der Waals surface area contributed by atoms with E-state index in [4.69, 9.17) is 9.47 Å². The summed E-state index contributed by atoms with van der Waals surface area (Å²) in [6.07, 6.45) is 0.874. The van der Waals surface area contributed by atoms with Gasteiger partial charge >= 0.3 is 5.97 Å². The first-order chi connectivity index (χ1) is 8.17. The molecule has 0 spiro atoms. The van der Waals surface area contributed by atoms with Crippen LogP contribution in [0.25, 0.3) is 0 Å². The second-order valence-corrected chi connectivity index (χ2v) is 4.45. The molecular formula is C14H18O3. The minimum Gasteiger partial charge on any atom is -0.496 e. The molecule has 1 fully saturated rings. The molecule has 0 amide bonds. The van der Waals surface area contributed by atoms with E-state index in [0.717, 1.165) is 17.7 Å². The van der Waals surface area contributed by atoms with Crippen LogP contribution in [0.1, 0.15) is 30.4 Å². The molecule has 0 heterocycles. The number of benzene rings is 1. The molecule has 0 aromatic heterocycles. The predicted molar refractivity (Wildman–Crippen MR) is 65.2 cm³/mol. The van der Waals surface area contributed by atoms with Crippen molar-refractivity contribution in [2.24, 2.45) is 5.92 Å². The zero-order valence-electron chi connectivity index (χ0n) is 10.5. The second kappa shape index (κ2) is 4.78. The van der Waals surface area contributed by atoms with Crippen molar-refractivity contribution in [3.05, 3.63) is 29.3 Å². The number of hydrogen-bond donors (Lipinski definition) is 0. The lowest BCUT2D eigenvalue weighted by Crippen LogP contribution is -2.07. The van der Waals surface area contributed by atoms with Crippen LogP contribution in [0.3, 0.4) is 0 Å². The van der Waals surface area contributed by atoms with E-state index in [9.17, 15) is 4.79 Å². The summed E-state index contributed by atoms with van der Waals surface area (Å²) in [5, 5.41) is 0. The predicted octanol–water partition coefficient (Wildman–Crippen LogP) is 2.67. The quantitative estimate of drug-likeness (QED) is 0.751. The second-order valence-electron chi connectivity index (χ2n) is 4.45. The molecule has 3 nitrogen and oxygen atoms in total.